The fourth-order valence-corrected chi connectivity index (χ4v) is 8.75. The average Bonchev–Trinajstić information content (AvgIpc) is 3.27. The van der Waals surface area contributed by atoms with E-state index in [2.05, 4.69) is 27.7 Å². The van der Waals surface area contributed by atoms with Crippen LogP contribution in [-0.2, 0) is 28.6 Å². The van der Waals surface area contributed by atoms with Crippen molar-refractivity contribution >= 4 is 17.9 Å². The van der Waals surface area contributed by atoms with Crippen LogP contribution in [0.5, 0.6) is 0 Å². The summed E-state index contributed by atoms with van der Waals surface area (Å²) in [5.41, 5.74) is 0. The number of ether oxygens (including phenoxy) is 3. The monoisotopic (exact) mass is 891 g/mol. The first-order valence-electron chi connectivity index (χ1n) is 28.4. The Hall–Kier alpha value is -1.59. The van der Waals surface area contributed by atoms with E-state index in [9.17, 15) is 14.4 Å². The van der Waals surface area contributed by atoms with Gasteiger partial charge in [0.05, 0.1) is 0 Å². The van der Waals surface area contributed by atoms with E-state index in [-0.39, 0.29) is 31.1 Å². The van der Waals surface area contributed by atoms with E-state index < -0.39 is 6.10 Å². The van der Waals surface area contributed by atoms with E-state index in [4.69, 9.17) is 14.2 Å². The molecule has 0 heterocycles. The van der Waals surface area contributed by atoms with Crippen molar-refractivity contribution < 1.29 is 28.6 Å². The molecule has 0 spiro atoms. The topological polar surface area (TPSA) is 78.9 Å². The van der Waals surface area contributed by atoms with Crippen molar-refractivity contribution in [2.45, 2.75) is 329 Å². The molecule has 0 unspecified atom stereocenters. The Labute approximate surface area is 393 Å². The van der Waals surface area contributed by atoms with E-state index in [0.717, 1.165) is 63.7 Å². The molecular formula is C57H110O6. The van der Waals surface area contributed by atoms with Crippen LogP contribution in [0, 0.1) is 5.92 Å². The molecule has 374 valence electrons. The number of carbonyl (C=O) groups excluding carboxylic acids is 3. The Morgan fingerprint density at radius 2 is 0.524 bits per heavy atom. The molecule has 6 nitrogen and oxygen atoms in total. The number of esters is 3. The Morgan fingerprint density at radius 3 is 0.778 bits per heavy atom. The first kappa shape index (κ1) is 61.4. The van der Waals surface area contributed by atoms with Gasteiger partial charge in [0, 0.05) is 19.3 Å². The zero-order valence-corrected chi connectivity index (χ0v) is 43.0. The van der Waals surface area contributed by atoms with Crippen molar-refractivity contribution in [3.8, 4) is 0 Å². The summed E-state index contributed by atoms with van der Waals surface area (Å²) in [4.78, 5) is 38.1. The minimum Gasteiger partial charge on any atom is -0.462 e. The first-order chi connectivity index (χ1) is 30.9. The molecule has 0 aliphatic rings. The second-order valence-corrected chi connectivity index (χ2v) is 20.1. The normalized spacial score (nSPS) is 12.0. The summed E-state index contributed by atoms with van der Waals surface area (Å²) in [7, 11) is 0. The van der Waals surface area contributed by atoms with E-state index in [0.29, 0.717) is 19.3 Å². The van der Waals surface area contributed by atoms with Crippen molar-refractivity contribution in [3.63, 3.8) is 0 Å². The van der Waals surface area contributed by atoms with Gasteiger partial charge in [0.2, 0.25) is 0 Å². The van der Waals surface area contributed by atoms with Gasteiger partial charge in [0.1, 0.15) is 13.2 Å². The molecule has 0 amide bonds. The maximum atomic E-state index is 12.8. The Kier molecular flexibility index (Phi) is 50.1. The zero-order valence-electron chi connectivity index (χ0n) is 43.0. The summed E-state index contributed by atoms with van der Waals surface area (Å²) in [6, 6.07) is 0. The fraction of sp³-hybridized carbons (Fsp3) is 0.947. The van der Waals surface area contributed by atoms with Gasteiger partial charge in [-0.05, 0) is 25.2 Å². The van der Waals surface area contributed by atoms with Gasteiger partial charge in [-0.15, -0.1) is 0 Å². The molecule has 63 heavy (non-hydrogen) atoms. The molecule has 0 rings (SSSR count). The predicted molar refractivity (Wildman–Crippen MR) is 270 cm³/mol. The van der Waals surface area contributed by atoms with Gasteiger partial charge in [-0.1, -0.05) is 285 Å². The summed E-state index contributed by atoms with van der Waals surface area (Å²) in [5.74, 6) is 0.0119. The Bertz CT molecular complexity index is 949. The molecule has 0 saturated heterocycles. The highest BCUT2D eigenvalue weighted by Gasteiger charge is 2.19. The summed E-state index contributed by atoms with van der Waals surface area (Å²) in [6.07, 6.45) is 55.2. The van der Waals surface area contributed by atoms with Crippen LogP contribution in [0.3, 0.4) is 0 Å². The molecule has 0 aromatic rings. The summed E-state index contributed by atoms with van der Waals surface area (Å²) >= 11 is 0. The first-order valence-corrected chi connectivity index (χ1v) is 28.4. The van der Waals surface area contributed by atoms with Crippen molar-refractivity contribution in [2.75, 3.05) is 13.2 Å². The van der Waals surface area contributed by atoms with Gasteiger partial charge in [-0.2, -0.15) is 0 Å². The largest absolute Gasteiger partial charge is 0.462 e. The quantitative estimate of drug-likeness (QED) is 0.0344. The lowest BCUT2D eigenvalue weighted by atomic mass is 10.0. The van der Waals surface area contributed by atoms with E-state index in [1.807, 2.05) is 0 Å². The Balaban J connectivity index is 4.26. The number of hydrogen-bond donors (Lipinski definition) is 0. The zero-order chi connectivity index (χ0) is 45.9. The van der Waals surface area contributed by atoms with Crippen molar-refractivity contribution in [1.82, 2.24) is 0 Å². The highest BCUT2D eigenvalue weighted by molar-refractivity contribution is 5.71. The standard InChI is InChI=1S/C57H110O6/c1-5-7-9-11-13-15-17-18-19-22-26-30-34-38-42-46-50-57(60)63-54(51-61-55(58)48-44-40-36-32-27-16-14-12-10-8-6-2)52-62-56(59)49-45-41-37-33-29-25-23-20-21-24-28-31-35-39-43-47-53(3)4/h53-54H,5-52H2,1-4H3/t54-/m1/s1. The second-order valence-electron chi connectivity index (χ2n) is 20.1. The van der Waals surface area contributed by atoms with Gasteiger partial charge in [-0.3, -0.25) is 14.4 Å². The maximum absolute atomic E-state index is 12.8. The van der Waals surface area contributed by atoms with Crippen molar-refractivity contribution in [2.24, 2.45) is 5.92 Å². The predicted octanol–water partition coefficient (Wildman–Crippen LogP) is 18.6. The van der Waals surface area contributed by atoms with Crippen molar-refractivity contribution in [3.05, 3.63) is 0 Å². The number of rotatable bonds is 52. The molecule has 6 heteroatoms. The lowest BCUT2D eigenvalue weighted by Gasteiger charge is -2.18. The lowest BCUT2D eigenvalue weighted by Crippen LogP contribution is -2.30. The minimum absolute atomic E-state index is 0.0619. The molecule has 0 aliphatic heterocycles. The molecule has 0 aliphatic carbocycles. The van der Waals surface area contributed by atoms with Crippen LogP contribution in [0.15, 0.2) is 0 Å². The molecule has 0 radical (unpaired) electrons. The van der Waals surface area contributed by atoms with Crippen LogP contribution in [-0.4, -0.2) is 37.2 Å². The van der Waals surface area contributed by atoms with Gasteiger partial charge in [-0.25, -0.2) is 0 Å². The molecule has 0 bridgehead atoms. The number of unbranched alkanes of at least 4 members (excludes halogenated alkanes) is 39. The SMILES string of the molecule is CCCCCCCCCCCCCCCCCCC(=O)O[C@H](COC(=O)CCCCCCCCCCCCC)COC(=O)CCCCCCCCCCCCCCCCCC(C)C. The van der Waals surface area contributed by atoms with E-state index >= 15 is 0 Å². The van der Waals surface area contributed by atoms with E-state index in [1.165, 1.54) is 218 Å². The lowest BCUT2D eigenvalue weighted by molar-refractivity contribution is -0.167. The smallest absolute Gasteiger partial charge is 0.306 e. The van der Waals surface area contributed by atoms with Crippen LogP contribution >= 0.6 is 0 Å². The molecule has 0 saturated carbocycles. The highest BCUT2D eigenvalue weighted by Crippen LogP contribution is 2.18. The molecule has 0 fully saturated rings. The van der Waals surface area contributed by atoms with Gasteiger partial charge in [0.15, 0.2) is 6.10 Å². The summed E-state index contributed by atoms with van der Waals surface area (Å²) in [6.45, 7) is 9.06. The number of carbonyl (C=O) groups is 3. The molecular weight excluding hydrogens is 781 g/mol. The number of hydrogen-bond acceptors (Lipinski definition) is 6. The molecule has 1 atom stereocenters. The van der Waals surface area contributed by atoms with Crippen LogP contribution in [0.1, 0.15) is 323 Å². The average molecular weight is 892 g/mol. The van der Waals surface area contributed by atoms with E-state index in [1.54, 1.807) is 0 Å². The third-order valence-electron chi connectivity index (χ3n) is 13.0. The maximum Gasteiger partial charge on any atom is 0.306 e. The van der Waals surface area contributed by atoms with Gasteiger partial charge in [0.25, 0.3) is 0 Å². The summed E-state index contributed by atoms with van der Waals surface area (Å²) < 4.78 is 16.9. The van der Waals surface area contributed by atoms with Crippen LogP contribution < -0.4 is 0 Å². The molecule has 0 aromatic carbocycles. The third kappa shape index (κ3) is 51.3. The van der Waals surface area contributed by atoms with Gasteiger partial charge < -0.3 is 14.2 Å². The fourth-order valence-electron chi connectivity index (χ4n) is 8.75. The van der Waals surface area contributed by atoms with Crippen LogP contribution in [0.2, 0.25) is 0 Å². The minimum atomic E-state index is -0.761. The van der Waals surface area contributed by atoms with Crippen molar-refractivity contribution in [1.29, 1.82) is 0 Å². The third-order valence-corrected chi connectivity index (χ3v) is 13.0. The molecule has 0 N–H and O–H groups in total. The highest BCUT2D eigenvalue weighted by atomic mass is 16.6. The van der Waals surface area contributed by atoms with Crippen LogP contribution in [0.25, 0.3) is 0 Å². The van der Waals surface area contributed by atoms with Crippen LogP contribution in [0.4, 0.5) is 0 Å². The second kappa shape index (κ2) is 51.4. The molecule has 0 aromatic heterocycles. The summed E-state index contributed by atoms with van der Waals surface area (Å²) in [5, 5.41) is 0. The van der Waals surface area contributed by atoms with Gasteiger partial charge >= 0.3 is 17.9 Å². The Morgan fingerprint density at radius 1 is 0.302 bits per heavy atom.